The Hall–Kier alpha value is -7.93. The highest BCUT2D eigenvalue weighted by Gasteiger charge is 2.28. The number of benzene rings is 7. The topological polar surface area (TPSA) is 75.3 Å². The van der Waals surface area contributed by atoms with E-state index in [9.17, 15) is 10.5 Å². The second kappa shape index (κ2) is 13.3. The van der Waals surface area contributed by atoms with Gasteiger partial charge in [-0.15, -0.1) is 0 Å². The predicted octanol–water partition coefficient (Wildman–Crippen LogP) is 13.6. The number of fused-ring (bicyclic) bond motifs is 9. The minimum absolute atomic E-state index is 0.323. The molecule has 11 rings (SSSR count). The Balaban J connectivity index is 1.43. The Kier molecular flexibility index (Phi) is 7.88. The van der Waals surface area contributed by atoms with Gasteiger partial charge in [-0.25, -0.2) is 4.98 Å². The lowest BCUT2D eigenvalue weighted by atomic mass is 9.95. The van der Waals surface area contributed by atoms with Gasteiger partial charge in [0.1, 0.15) is 18.0 Å². The number of aromatic nitrogens is 4. The third-order valence-corrected chi connectivity index (χ3v) is 12.4. The molecule has 0 radical (unpaired) electrons. The van der Waals surface area contributed by atoms with Gasteiger partial charge in [0, 0.05) is 43.4 Å². The van der Waals surface area contributed by atoms with E-state index in [1.54, 1.807) is 6.07 Å². The molecule has 290 valence electrons. The average Bonchev–Trinajstić information content (AvgIpc) is 3.86. The molecule has 61 heavy (non-hydrogen) atoms. The van der Waals surface area contributed by atoms with Crippen LogP contribution in [0.2, 0.25) is 0 Å². The van der Waals surface area contributed by atoms with E-state index in [1.165, 1.54) is 33.4 Å². The molecular formula is C55H40N6. The smallest absolute Gasteiger partial charge is 0.165 e. The molecule has 4 heterocycles. The molecule has 0 atom stereocenters. The highest BCUT2D eigenvalue weighted by Crippen LogP contribution is 2.45. The summed E-state index contributed by atoms with van der Waals surface area (Å²) in [6, 6.07) is 52.3. The van der Waals surface area contributed by atoms with Crippen LogP contribution >= 0.6 is 0 Å². The summed E-state index contributed by atoms with van der Waals surface area (Å²) in [7, 11) is 0. The van der Waals surface area contributed by atoms with Crippen molar-refractivity contribution in [3.8, 4) is 40.6 Å². The van der Waals surface area contributed by atoms with E-state index in [-0.39, 0.29) is 0 Å². The molecule has 0 unspecified atom stereocenters. The van der Waals surface area contributed by atoms with Gasteiger partial charge in [0.2, 0.25) is 0 Å². The molecule has 0 aliphatic rings. The molecule has 4 aromatic heterocycles. The van der Waals surface area contributed by atoms with Crippen LogP contribution in [-0.2, 0) is 0 Å². The SMILES string of the molecule is Cc1ccc2c(c1)c1cc(C)ccc1n2-c1cc(-c2cccc(C#N)c2C#N)c(-n2c3ccc(C)cc3c3cc(C)ccc32)c(-n2c3ccc(C)cc3c3cc(C)ccc32)n1. The van der Waals surface area contributed by atoms with Gasteiger partial charge in [-0.05, 0) is 126 Å². The molecule has 0 amide bonds. The molecule has 7 aromatic carbocycles. The van der Waals surface area contributed by atoms with E-state index in [2.05, 4.69) is 183 Å². The predicted molar refractivity (Wildman–Crippen MR) is 251 cm³/mol. The van der Waals surface area contributed by atoms with Crippen molar-refractivity contribution in [2.45, 2.75) is 41.5 Å². The second-order valence-corrected chi connectivity index (χ2v) is 16.8. The minimum atomic E-state index is 0.323. The van der Waals surface area contributed by atoms with Crippen LogP contribution in [0.4, 0.5) is 0 Å². The fourth-order valence-corrected chi connectivity index (χ4v) is 9.67. The van der Waals surface area contributed by atoms with Crippen molar-refractivity contribution < 1.29 is 0 Å². The Bertz CT molecular complexity index is 3620. The van der Waals surface area contributed by atoms with Crippen LogP contribution in [0, 0.1) is 64.2 Å². The normalized spacial score (nSPS) is 11.7. The van der Waals surface area contributed by atoms with Gasteiger partial charge >= 0.3 is 0 Å². The first kappa shape index (κ1) is 36.2. The van der Waals surface area contributed by atoms with E-state index >= 15 is 0 Å². The second-order valence-electron chi connectivity index (χ2n) is 16.8. The van der Waals surface area contributed by atoms with Crippen molar-refractivity contribution in [3.63, 3.8) is 0 Å². The van der Waals surface area contributed by atoms with Crippen LogP contribution in [0.15, 0.2) is 133 Å². The van der Waals surface area contributed by atoms with E-state index in [4.69, 9.17) is 4.98 Å². The van der Waals surface area contributed by atoms with Gasteiger partial charge in [-0.2, -0.15) is 10.5 Å². The molecule has 11 aromatic rings. The summed E-state index contributed by atoms with van der Waals surface area (Å²) in [5.74, 6) is 1.41. The molecule has 6 nitrogen and oxygen atoms in total. The first-order valence-electron chi connectivity index (χ1n) is 20.7. The van der Waals surface area contributed by atoms with Crippen LogP contribution in [0.1, 0.15) is 44.5 Å². The van der Waals surface area contributed by atoms with Crippen LogP contribution in [0.5, 0.6) is 0 Å². The number of rotatable bonds is 4. The standard InChI is InChI=1S/C55H40N6/c1-31-10-16-47-39(22-31)40-23-32(2)11-17-48(40)59(47)53-28-45(38-9-7-8-37(29-56)46(38)30-57)54(60-49-18-12-33(3)24-41(49)42-25-34(4)13-19-50(42)60)55(58-53)61-51-20-14-35(5)26-43(51)44-27-36(6)15-21-52(44)61/h7-28H,1-6H3. The number of hydrogen-bond donors (Lipinski definition) is 0. The summed E-state index contributed by atoms with van der Waals surface area (Å²) in [5.41, 5.74) is 16.1. The molecule has 0 spiro atoms. The molecule has 0 bridgehead atoms. The van der Waals surface area contributed by atoms with E-state index in [0.717, 1.165) is 76.7 Å². The zero-order chi connectivity index (χ0) is 41.8. The monoisotopic (exact) mass is 784 g/mol. The number of nitriles is 2. The summed E-state index contributed by atoms with van der Waals surface area (Å²) in [6.45, 7) is 12.8. The maximum absolute atomic E-state index is 11.0. The van der Waals surface area contributed by atoms with Gasteiger partial charge in [0.05, 0.1) is 49.9 Å². The zero-order valence-corrected chi connectivity index (χ0v) is 34.9. The van der Waals surface area contributed by atoms with E-state index < -0.39 is 0 Å². The van der Waals surface area contributed by atoms with Gasteiger partial charge in [0.25, 0.3) is 0 Å². The quantitative estimate of drug-likeness (QED) is 0.178. The molecule has 0 saturated heterocycles. The highest BCUT2D eigenvalue weighted by atomic mass is 15.2. The lowest BCUT2D eigenvalue weighted by Gasteiger charge is -2.22. The van der Waals surface area contributed by atoms with Gasteiger partial charge in [-0.3, -0.25) is 9.13 Å². The number of pyridine rings is 1. The van der Waals surface area contributed by atoms with E-state index in [1.807, 2.05) is 12.1 Å². The minimum Gasteiger partial charge on any atom is -0.305 e. The third-order valence-electron chi connectivity index (χ3n) is 12.4. The van der Waals surface area contributed by atoms with Crippen molar-refractivity contribution in [3.05, 3.63) is 178 Å². The largest absolute Gasteiger partial charge is 0.305 e. The van der Waals surface area contributed by atoms with Crippen LogP contribution < -0.4 is 0 Å². The number of aryl methyl sites for hydroxylation is 6. The fourth-order valence-electron chi connectivity index (χ4n) is 9.67. The zero-order valence-electron chi connectivity index (χ0n) is 34.9. The summed E-state index contributed by atoms with van der Waals surface area (Å²) in [4.78, 5) is 5.89. The van der Waals surface area contributed by atoms with Gasteiger partial charge < -0.3 is 4.57 Å². The maximum atomic E-state index is 11.0. The van der Waals surface area contributed by atoms with Crippen molar-refractivity contribution in [1.29, 1.82) is 10.5 Å². The lowest BCUT2D eigenvalue weighted by Crippen LogP contribution is -2.12. The lowest BCUT2D eigenvalue weighted by molar-refractivity contribution is 0.984. The van der Waals surface area contributed by atoms with Gasteiger partial charge in [0.15, 0.2) is 5.82 Å². The molecule has 0 fully saturated rings. The molecule has 0 aliphatic heterocycles. The molecule has 6 heteroatoms. The molecule has 0 saturated carbocycles. The Morgan fingerprint density at radius 3 is 1.15 bits per heavy atom. The summed E-state index contributed by atoms with van der Waals surface area (Å²) >= 11 is 0. The average molecular weight is 785 g/mol. The first-order valence-corrected chi connectivity index (χ1v) is 20.7. The number of hydrogen-bond acceptors (Lipinski definition) is 3. The molecule has 0 aliphatic carbocycles. The Morgan fingerprint density at radius 1 is 0.393 bits per heavy atom. The van der Waals surface area contributed by atoms with Gasteiger partial charge in [-0.1, -0.05) is 81.9 Å². The molecular weight excluding hydrogens is 745 g/mol. The van der Waals surface area contributed by atoms with Crippen LogP contribution in [0.25, 0.3) is 93.9 Å². The summed E-state index contributed by atoms with van der Waals surface area (Å²) in [6.07, 6.45) is 0. The summed E-state index contributed by atoms with van der Waals surface area (Å²) in [5, 5.41) is 28.2. The van der Waals surface area contributed by atoms with Crippen LogP contribution in [-0.4, -0.2) is 18.7 Å². The fraction of sp³-hybridized carbons (Fsp3) is 0.109. The van der Waals surface area contributed by atoms with Crippen molar-refractivity contribution in [1.82, 2.24) is 18.7 Å². The summed E-state index contributed by atoms with van der Waals surface area (Å²) < 4.78 is 6.92. The van der Waals surface area contributed by atoms with Crippen molar-refractivity contribution >= 4 is 65.4 Å². The maximum Gasteiger partial charge on any atom is 0.165 e. The number of nitrogens with zero attached hydrogens (tertiary/aromatic N) is 6. The highest BCUT2D eigenvalue weighted by molar-refractivity contribution is 6.13. The first-order chi connectivity index (χ1) is 29.6. The molecule has 0 N–H and O–H groups in total. The van der Waals surface area contributed by atoms with E-state index in [0.29, 0.717) is 28.3 Å². The van der Waals surface area contributed by atoms with Crippen molar-refractivity contribution in [2.24, 2.45) is 0 Å². The van der Waals surface area contributed by atoms with Crippen LogP contribution in [0.3, 0.4) is 0 Å². The Morgan fingerprint density at radius 2 is 0.770 bits per heavy atom. The third kappa shape index (κ3) is 5.36. The van der Waals surface area contributed by atoms with Crippen molar-refractivity contribution in [2.75, 3.05) is 0 Å². The Labute approximate surface area is 353 Å².